The Morgan fingerprint density at radius 1 is 0.786 bits per heavy atom. The summed E-state index contributed by atoms with van der Waals surface area (Å²) in [7, 11) is 2.20. The van der Waals surface area contributed by atoms with Gasteiger partial charge in [0.2, 0.25) is 0 Å². The molecule has 0 saturated heterocycles. The van der Waals surface area contributed by atoms with Gasteiger partial charge in [-0.3, -0.25) is 4.90 Å². The van der Waals surface area contributed by atoms with Crippen molar-refractivity contribution < 1.29 is 4.74 Å². The highest BCUT2D eigenvalue weighted by Crippen LogP contribution is 2.18. The van der Waals surface area contributed by atoms with Crippen LogP contribution >= 0.6 is 45.2 Å². The van der Waals surface area contributed by atoms with Gasteiger partial charge in [0.25, 0.3) is 0 Å². The molecule has 0 aliphatic heterocycles. The Balaban J connectivity index is 1.67. The molecule has 4 heteroatoms. The molecule has 0 aromatic heterocycles. The normalized spacial score (nSPS) is 12.3. The molecule has 0 N–H and O–H groups in total. The lowest BCUT2D eigenvalue weighted by molar-refractivity contribution is 0.0570. The fourth-order valence-corrected chi connectivity index (χ4v) is 4.27. The van der Waals surface area contributed by atoms with Gasteiger partial charge in [-0.25, -0.2) is 0 Å². The van der Waals surface area contributed by atoms with E-state index in [1.54, 1.807) is 0 Å². The fourth-order valence-electron chi connectivity index (χ4n) is 3.17. The van der Waals surface area contributed by atoms with Crippen molar-refractivity contribution >= 4 is 45.2 Å². The van der Waals surface area contributed by atoms with Crippen LogP contribution in [0.15, 0.2) is 78.9 Å². The lowest BCUT2D eigenvalue weighted by Gasteiger charge is -2.29. The molecule has 0 spiro atoms. The standard InChI is InChI=1S/C24H25I2NO/c1-27(16-20-11-5-7-13-23(20)25)22(15-19-9-3-2-4-10-19)18-28-17-21-12-6-8-14-24(21)26/h2-14,22H,15-18H2,1H3/t22-/m0/s1. The minimum absolute atomic E-state index is 0.319. The van der Waals surface area contributed by atoms with Crippen molar-refractivity contribution in [3.63, 3.8) is 0 Å². The van der Waals surface area contributed by atoms with Crippen molar-refractivity contribution in [3.05, 3.63) is 103 Å². The molecule has 0 aliphatic rings. The van der Waals surface area contributed by atoms with E-state index in [0.717, 1.165) is 13.0 Å². The first-order chi connectivity index (χ1) is 13.6. The van der Waals surface area contributed by atoms with E-state index in [9.17, 15) is 0 Å². The van der Waals surface area contributed by atoms with Gasteiger partial charge in [0, 0.05) is 19.7 Å². The van der Waals surface area contributed by atoms with Crippen molar-refractivity contribution in [2.75, 3.05) is 13.7 Å². The Morgan fingerprint density at radius 3 is 2.00 bits per heavy atom. The molecule has 0 radical (unpaired) electrons. The number of hydrogen-bond donors (Lipinski definition) is 0. The van der Waals surface area contributed by atoms with Crippen LogP contribution in [0.4, 0.5) is 0 Å². The lowest BCUT2D eigenvalue weighted by Crippen LogP contribution is -2.37. The largest absolute Gasteiger partial charge is 0.375 e. The van der Waals surface area contributed by atoms with Crippen LogP contribution in [-0.2, 0) is 24.3 Å². The van der Waals surface area contributed by atoms with E-state index in [4.69, 9.17) is 4.74 Å². The second-order valence-electron chi connectivity index (χ2n) is 6.96. The van der Waals surface area contributed by atoms with Gasteiger partial charge in [-0.05, 0) is 87.5 Å². The number of halogens is 2. The number of ether oxygens (including phenoxy) is 1. The van der Waals surface area contributed by atoms with Crippen molar-refractivity contribution in [1.29, 1.82) is 0 Å². The highest BCUT2D eigenvalue weighted by atomic mass is 127. The van der Waals surface area contributed by atoms with Gasteiger partial charge >= 0.3 is 0 Å². The molecular formula is C24H25I2NO. The minimum atomic E-state index is 0.319. The molecule has 3 aromatic carbocycles. The van der Waals surface area contributed by atoms with Gasteiger partial charge in [-0.2, -0.15) is 0 Å². The van der Waals surface area contributed by atoms with Crippen LogP contribution in [-0.4, -0.2) is 24.6 Å². The second-order valence-corrected chi connectivity index (χ2v) is 9.28. The van der Waals surface area contributed by atoms with E-state index in [2.05, 4.69) is 136 Å². The fraction of sp³-hybridized carbons (Fsp3) is 0.250. The summed E-state index contributed by atoms with van der Waals surface area (Å²) in [6.45, 7) is 2.28. The maximum atomic E-state index is 6.18. The summed E-state index contributed by atoms with van der Waals surface area (Å²) in [6, 6.07) is 28.0. The van der Waals surface area contributed by atoms with Crippen LogP contribution in [0.5, 0.6) is 0 Å². The predicted molar refractivity (Wildman–Crippen MR) is 133 cm³/mol. The quantitative estimate of drug-likeness (QED) is 0.275. The van der Waals surface area contributed by atoms with Crippen molar-refractivity contribution in [2.45, 2.75) is 25.6 Å². The summed E-state index contributed by atoms with van der Waals surface area (Å²) >= 11 is 4.80. The lowest BCUT2D eigenvalue weighted by atomic mass is 10.0. The zero-order valence-corrected chi connectivity index (χ0v) is 20.3. The highest BCUT2D eigenvalue weighted by molar-refractivity contribution is 14.1. The maximum absolute atomic E-state index is 6.18. The molecule has 146 valence electrons. The second kappa shape index (κ2) is 11.3. The molecule has 0 saturated carbocycles. The number of rotatable bonds is 9. The molecule has 0 amide bonds. The first-order valence-corrected chi connectivity index (χ1v) is 11.6. The first-order valence-electron chi connectivity index (χ1n) is 9.42. The van der Waals surface area contributed by atoms with Crippen molar-refractivity contribution in [2.24, 2.45) is 0 Å². The van der Waals surface area contributed by atoms with Crippen LogP contribution in [0.25, 0.3) is 0 Å². The summed E-state index contributed by atoms with van der Waals surface area (Å²) in [5, 5.41) is 0. The molecule has 2 nitrogen and oxygen atoms in total. The number of hydrogen-bond acceptors (Lipinski definition) is 2. The summed E-state index contributed by atoms with van der Waals surface area (Å²) in [6.07, 6.45) is 0.979. The van der Waals surface area contributed by atoms with E-state index in [0.29, 0.717) is 19.3 Å². The van der Waals surface area contributed by atoms with E-state index in [1.165, 1.54) is 23.8 Å². The minimum Gasteiger partial charge on any atom is -0.375 e. The van der Waals surface area contributed by atoms with Crippen LogP contribution < -0.4 is 0 Å². The highest BCUT2D eigenvalue weighted by Gasteiger charge is 2.17. The van der Waals surface area contributed by atoms with Gasteiger partial charge in [-0.15, -0.1) is 0 Å². The molecule has 0 bridgehead atoms. The van der Waals surface area contributed by atoms with E-state index < -0.39 is 0 Å². The Labute approximate surface area is 195 Å². The van der Waals surface area contributed by atoms with E-state index >= 15 is 0 Å². The topological polar surface area (TPSA) is 12.5 Å². The van der Waals surface area contributed by atoms with Gasteiger partial charge in [0.15, 0.2) is 0 Å². The van der Waals surface area contributed by atoms with Gasteiger partial charge in [0.05, 0.1) is 13.2 Å². The van der Waals surface area contributed by atoms with Crippen LogP contribution in [0.2, 0.25) is 0 Å². The average Bonchev–Trinajstić information content (AvgIpc) is 2.71. The number of nitrogens with zero attached hydrogens (tertiary/aromatic N) is 1. The molecule has 0 heterocycles. The first kappa shape index (κ1) is 21.7. The third-order valence-electron chi connectivity index (χ3n) is 4.84. The molecule has 0 fully saturated rings. The van der Waals surface area contributed by atoms with Crippen LogP contribution in [0.1, 0.15) is 16.7 Å². The summed E-state index contributed by atoms with van der Waals surface area (Å²) < 4.78 is 8.74. The molecule has 3 aromatic rings. The van der Waals surface area contributed by atoms with Crippen molar-refractivity contribution in [3.8, 4) is 0 Å². The average molecular weight is 597 g/mol. The van der Waals surface area contributed by atoms with Gasteiger partial charge < -0.3 is 4.74 Å². The Hall–Kier alpha value is -0.960. The van der Waals surface area contributed by atoms with Crippen LogP contribution in [0.3, 0.4) is 0 Å². The molecule has 1 atom stereocenters. The zero-order chi connectivity index (χ0) is 19.8. The Kier molecular flexibility index (Phi) is 8.76. The smallest absolute Gasteiger partial charge is 0.0727 e. The third kappa shape index (κ3) is 6.54. The monoisotopic (exact) mass is 597 g/mol. The van der Waals surface area contributed by atoms with Crippen LogP contribution in [0, 0.1) is 7.14 Å². The number of benzene rings is 3. The van der Waals surface area contributed by atoms with E-state index in [1.807, 2.05) is 0 Å². The zero-order valence-electron chi connectivity index (χ0n) is 16.0. The Bertz CT molecular complexity index is 869. The Morgan fingerprint density at radius 2 is 1.36 bits per heavy atom. The summed E-state index contributed by atoms with van der Waals surface area (Å²) in [5.41, 5.74) is 3.96. The van der Waals surface area contributed by atoms with Gasteiger partial charge in [-0.1, -0.05) is 66.7 Å². The molecule has 3 rings (SSSR count). The third-order valence-corrected chi connectivity index (χ3v) is 6.95. The molecule has 0 aliphatic carbocycles. The molecule has 0 unspecified atom stereocenters. The SMILES string of the molecule is CN(Cc1ccccc1I)[C@H](COCc1ccccc1I)Cc1ccccc1. The maximum Gasteiger partial charge on any atom is 0.0727 e. The summed E-state index contributed by atoms with van der Waals surface area (Å²) in [5.74, 6) is 0. The van der Waals surface area contributed by atoms with Gasteiger partial charge in [0.1, 0.15) is 0 Å². The predicted octanol–water partition coefficient (Wildman–Crippen LogP) is 6.16. The molecular weight excluding hydrogens is 572 g/mol. The van der Waals surface area contributed by atoms with E-state index in [-0.39, 0.29) is 0 Å². The van der Waals surface area contributed by atoms with Crippen molar-refractivity contribution in [1.82, 2.24) is 4.90 Å². The molecule has 28 heavy (non-hydrogen) atoms. The number of likely N-dealkylation sites (N-methyl/N-ethyl adjacent to an activating group) is 1. The summed E-state index contributed by atoms with van der Waals surface area (Å²) in [4.78, 5) is 2.42.